The van der Waals surface area contributed by atoms with Gasteiger partial charge in [-0.1, -0.05) is 188 Å². The van der Waals surface area contributed by atoms with Crippen LogP contribution in [0.4, 0.5) is 17.1 Å². The summed E-state index contributed by atoms with van der Waals surface area (Å²) in [5.74, 6) is 0. The monoisotopic (exact) mass is 711 g/mol. The zero-order valence-corrected chi connectivity index (χ0v) is 30.8. The number of anilines is 3. The Morgan fingerprint density at radius 3 is 1.14 bits per heavy atom. The number of hydrogen-bond acceptors (Lipinski definition) is 1. The summed E-state index contributed by atoms with van der Waals surface area (Å²) in [7, 11) is 0. The molecule has 0 unspecified atom stereocenters. The van der Waals surface area contributed by atoms with Crippen LogP contribution < -0.4 is 4.90 Å². The average Bonchev–Trinajstić information content (AvgIpc) is 3.75. The molecule has 9 aromatic carbocycles. The van der Waals surface area contributed by atoms with Crippen molar-refractivity contribution in [2.45, 2.75) is 5.41 Å². The second-order valence-corrected chi connectivity index (χ2v) is 14.8. The molecule has 0 aromatic heterocycles. The summed E-state index contributed by atoms with van der Waals surface area (Å²) in [6.45, 7) is 0. The molecule has 0 N–H and O–H groups in total. The van der Waals surface area contributed by atoms with E-state index in [4.69, 9.17) is 0 Å². The van der Waals surface area contributed by atoms with Gasteiger partial charge in [0.15, 0.2) is 0 Å². The third-order valence-electron chi connectivity index (χ3n) is 11.9. The molecule has 0 saturated carbocycles. The molecule has 2 aliphatic carbocycles. The van der Waals surface area contributed by atoms with Crippen LogP contribution in [-0.4, -0.2) is 0 Å². The number of rotatable bonds is 6. The summed E-state index contributed by atoms with van der Waals surface area (Å²) in [4.78, 5) is 2.39. The Morgan fingerprint density at radius 2 is 0.625 bits per heavy atom. The Bertz CT molecular complexity index is 2740. The zero-order valence-electron chi connectivity index (χ0n) is 30.8. The average molecular weight is 712 g/mol. The molecule has 262 valence electrons. The first kappa shape index (κ1) is 32.2. The smallest absolute Gasteiger partial charge is 0.0731 e. The maximum atomic E-state index is 2.39. The van der Waals surface area contributed by atoms with Gasteiger partial charge in [0.1, 0.15) is 0 Å². The van der Waals surface area contributed by atoms with Crippen LogP contribution in [0.2, 0.25) is 0 Å². The lowest BCUT2D eigenvalue weighted by molar-refractivity contribution is 0.796. The molecule has 9 aromatic rings. The quantitative estimate of drug-likeness (QED) is 0.166. The van der Waals surface area contributed by atoms with E-state index in [-0.39, 0.29) is 0 Å². The predicted octanol–water partition coefficient (Wildman–Crippen LogP) is 14.5. The van der Waals surface area contributed by atoms with Crippen LogP contribution in [0.3, 0.4) is 0 Å². The zero-order chi connectivity index (χ0) is 37.1. The number of hydrogen-bond donors (Lipinski definition) is 0. The summed E-state index contributed by atoms with van der Waals surface area (Å²) in [6, 6.07) is 82.3. The van der Waals surface area contributed by atoms with Crippen LogP contribution in [0.25, 0.3) is 55.6 Å². The summed E-state index contributed by atoms with van der Waals surface area (Å²) >= 11 is 0. The van der Waals surface area contributed by atoms with Crippen LogP contribution in [-0.2, 0) is 5.41 Å². The lowest BCUT2D eigenvalue weighted by Gasteiger charge is -2.32. The Kier molecular flexibility index (Phi) is 7.47. The first-order valence-corrected chi connectivity index (χ1v) is 19.4. The molecule has 0 aliphatic heterocycles. The second kappa shape index (κ2) is 13.0. The van der Waals surface area contributed by atoms with Crippen LogP contribution in [0.5, 0.6) is 0 Å². The molecule has 0 saturated heterocycles. The molecule has 1 spiro atoms. The SMILES string of the molecule is c1ccc(-c2ccc(N(c3ccc(-c4ccccc4)cc3)c3cccc(-c4cccc5c4C4(c6ccccc6-c6ccccc64)c4ccccc4-5)c3)cc2)cc1. The van der Waals surface area contributed by atoms with Gasteiger partial charge < -0.3 is 4.90 Å². The first-order valence-electron chi connectivity index (χ1n) is 19.4. The molecule has 0 amide bonds. The van der Waals surface area contributed by atoms with Gasteiger partial charge in [-0.2, -0.15) is 0 Å². The lowest BCUT2D eigenvalue weighted by atomic mass is 9.68. The van der Waals surface area contributed by atoms with Crippen molar-refractivity contribution in [1.82, 2.24) is 0 Å². The Labute approximate surface area is 328 Å². The molecule has 0 bridgehead atoms. The molecular formula is C55H37N. The molecular weight excluding hydrogens is 675 g/mol. The topological polar surface area (TPSA) is 3.24 Å². The van der Waals surface area contributed by atoms with E-state index in [1.54, 1.807) is 0 Å². The molecule has 0 heterocycles. The van der Waals surface area contributed by atoms with Crippen LogP contribution in [0.1, 0.15) is 22.3 Å². The second-order valence-electron chi connectivity index (χ2n) is 14.8. The minimum Gasteiger partial charge on any atom is -0.310 e. The highest BCUT2D eigenvalue weighted by Gasteiger charge is 2.52. The Balaban J connectivity index is 1.10. The van der Waals surface area contributed by atoms with Crippen molar-refractivity contribution in [1.29, 1.82) is 0 Å². The molecule has 56 heavy (non-hydrogen) atoms. The summed E-state index contributed by atoms with van der Waals surface area (Å²) in [6.07, 6.45) is 0. The molecule has 1 nitrogen and oxygen atoms in total. The van der Waals surface area contributed by atoms with Crippen molar-refractivity contribution in [2.24, 2.45) is 0 Å². The molecule has 0 radical (unpaired) electrons. The molecule has 11 rings (SSSR count). The van der Waals surface area contributed by atoms with Crippen molar-refractivity contribution in [3.05, 3.63) is 247 Å². The highest BCUT2D eigenvalue weighted by molar-refractivity contribution is 5.99. The fraction of sp³-hybridized carbons (Fsp3) is 0.0182. The fourth-order valence-corrected chi connectivity index (χ4v) is 9.52. The van der Waals surface area contributed by atoms with Gasteiger partial charge in [-0.15, -0.1) is 0 Å². The van der Waals surface area contributed by atoms with Crippen LogP contribution >= 0.6 is 0 Å². The van der Waals surface area contributed by atoms with Gasteiger partial charge in [-0.05, 0) is 114 Å². The van der Waals surface area contributed by atoms with Gasteiger partial charge in [0.25, 0.3) is 0 Å². The van der Waals surface area contributed by atoms with E-state index in [9.17, 15) is 0 Å². The summed E-state index contributed by atoms with van der Waals surface area (Å²) in [5.41, 5.74) is 20.8. The van der Waals surface area contributed by atoms with Crippen molar-refractivity contribution >= 4 is 17.1 Å². The van der Waals surface area contributed by atoms with E-state index in [2.05, 4.69) is 229 Å². The predicted molar refractivity (Wildman–Crippen MR) is 234 cm³/mol. The molecule has 0 atom stereocenters. The largest absolute Gasteiger partial charge is 0.310 e. The minimum atomic E-state index is -0.425. The fourth-order valence-electron chi connectivity index (χ4n) is 9.52. The van der Waals surface area contributed by atoms with Crippen molar-refractivity contribution in [3.8, 4) is 55.6 Å². The van der Waals surface area contributed by atoms with Gasteiger partial charge in [0, 0.05) is 17.1 Å². The van der Waals surface area contributed by atoms with Gasteiger partial charge in [0.2, 0.25) is 0 Å². The molecule has 1 heteroatoms. The maximum Gasteiger partial charge on any atom is 0.0731 e. The van der Waals surface area contributed by atoms with Gasteiger partial charge in [0.05, 0.1) is 5.41 Å². The normalized spacial score (nSPS) is 12.8. The molecule has 0 fully saturated rings. The van der Waals surface area contributed by atoms with Crippen LogP contribution in [0.15, 0.2) is 224 Å². The Morgan fingerprint density at radius 1 is 0.250 bits per heavy atom. The van der Waals surface area contributed by atoms with Gasteiger partial charge >= 0.3 is 0 Å². The highest BCUT2D eigenvalue weighted by Crippen LogP contribution is 2.64. The number of fused-ring (bicyclic) bond motifs is 10. The van der Waals surface area contributed by atoms with Gasteiger partial charge in [-0.25, -0.2) is 0 Å². The lowest BCUT2D eigenvalue weighted by Crippen LogP contribution is -2.26. The van der Waals surface area contributed by atoms with E-state index in [0.717, 1.165) is 17.1 Å². The third-order valence-corrected chi connectivity index (χ3v) is 11.9. The Hall–Kier alpha value is -7.22. The number of benzene rings is 9. The van der Waals surface area contributed by atoms with Gasteiger partial charge in [-0.3, -0.25) is 0 Å². The van der Waals surface area contributed by atoms with E-state index in [1.165, 1.54) is 77.9 Å². The van der Waals surface area contributed by atoms with E-state index >= 15 is 0 Å². The van der Waals surface area contributed by atoms with E-state index in [0.29, 0.717) is 0 Å². The summed E-state index contributed by atoms with van der Waals surface area (Å²) < 4.78 is 0. The third kappa shape index (κ3) is 4.88. The van der Waals surface area contributed by atoms with E-state index in [1.807, 2.05) is 0 Å². The highest BCUT2D eigenvalue weighted by atomic mass is 15.1. The van der Waals surface area contributed by atoms with Crippen molar-refractivity contribution in [3.63, 3.8) is 0 Å². The standard InChI is InChI=1S/C55H37N/c1-3-15-38(16-4-1)40-29-33-43(34-30-40)56(44-35-31-41(32-36-44)39-17-5-2-6-18-39)45-20-13-19-42(37-45)46-24-14-25-50-49-23-9-12-28-53(49)55(54(46)50)51-26-10-7-21-47(51)48-22-8-11-27-52(48)55/h1-37H. The van der Waals surface area contributed by atoms with Crippen molar-refractivity contribution in [2.75, 3.05) is 4.90 Å². The van der Waals surface area contributed by atoms with Crippen LogP contribution in [0, 0.1) is 0 Å². The molecule has 2 aliphatic rings. The van der Waals surface area contributed by atoms with E-state index < -0.39 is 5.41 Å². The number of nitrogens with zero attached hydrogens (tertiary/aromatic N) is 1. The summed E-state index contributed by atoms with van der Waals surface area (Å²) in [5, 5.41) is 0. The van der Waals surface area contributed by atoms with Crippen molar-refractivity contribution < 1.29 is 0 Å². The first-order chi connectivity index (χ1) is 27.8. The maximum absolute atomic E-state index is 2.39. The minimum absolute atomic E-state index is 0.425.